The predicted octanol–water partition coefficient (Wildman–Crippen LogP) is 5.16. The molecule has 2 atom stereocenters. The zero-order valence-corrected chi connectivity index (χ0v) is 24.4. The van der Waals surface area contributed by atoms with Crippen molar-refractivity contribution in [2.45, 2.75) is 76.7 Å². The molecule has 2 aromatic carbocycles. The highest BCUT2D eigenvalue weighted by Crippen LogP contribution is 2.45. The summed E-state index contributed by atoms with van der Waals surface area (Å²) in [6.07, 6.45) is 1.73. The number of hydrogen-bond acceptors (Lipinski definition) is 8. The first-order valence-corrected chi connectivity index (χ1v) is 14.3. The fourth-order valence-corrected chi connectivity index (χ4v) is 4.79. The lowest BCUT2D eigenvalue weighted by Gasteiger charge is -2.32. The van der Waals surface area contributed by atoms with Crippen molar-refractivity contribution in [1.29, 1.82) is 0 Å². The van der Waals surface area contributed by atoms with Crippen LogP contribution in [0.25, 0.3) is 10.4 Å². The molecule has 1 amide bonds. The first-order valence-electron chi connectivity index (χ1n) is 14.3. The fraction of sp³-hybridized carbons (Fsp3) is 0.516. The van der Waals surface area contributed by atoms with Gasteiger partial charge in [-0.2, -0.15) is 0 Å². The van der Waals surface area contributed by atoms with Gasteiger partial charge < -0.3 is 24.6 Å². The summed E-state index contributed by atoms with van der Waals surface area (Å²) in [6, 6.07) is 14.5. The predicted molar refractivity (Wildman–Crippen MR) is 157 cm³/mol. The molecule has 11 nitrogen and oxygen atoms in total. The summed E-state index contributed by atoms with van der Waals surface area (Å²) in [6.45, 7) is 6.39. The first-order chi connectivity index (χ1) is 20.1. The van der Waals surface area contributed by atoms with Gasteiger partial charge in [0, 0.05) is 36.5 Å². The average molecular weight is 578 g/mol. The first kappa shape index (κ1) is 30.9. The number of carbonyl (C=O) groups excluding carboxylic acids is 2. The molecule has 0 radical (unpaired) electrons. The summed E-state index contributed by atoms with van der Waals surface area (Å²) < 4.78 is 17.7. The number of benzene rings is 2. The highest BCUT2D eigenvalue weighted by Gasteiger charge is 2.54. The molecule has 1 aliphatic heterocycles. The van der Waals surface area contributed by atoms with Crippen molar-refractivity contribution in [3.05, 3.63) is 75.7 Å². The number of rotatable bonds is 14. The molecule has 1 fully saturated rings. The lowest BCUT2D eigenvalue weighted by molar-refractivity contribution is -0.155. The fourth-order valence-electron chi connectivity index (χ4n) is 4.79. The monoisotopic (exact) mass is 577 g/mol. The van der Waals surface area contributed by atoms with Crippen molar-refractivity contribution in [3.63, 3.8) is 0 Å². The van der Waals surface area contributed by atoms with E-state index in [-0.39, 0.29) is 37.8 Å². The quantitative estimate of drug-likeness (QED) is 0.104. The Bertz CT molecular complexity index is 1330. The molecule has 2 aliphatic rings. The Kier molecular flexibility index (Phi) is 10.1. The number of ether oxygens (including phenoxy) is 3. The van der Waals surface area contributed by atoms with Gasteiger partial charge in [0.2, 0.25) is 5.90 Å². The summed E-state index contributed by atoms with van der Waals surface area (Å²) in [5.41, 5.74) is 8.81. The van der Waals surface area contributed by atoms with E-state index in [2.05, 4.69) is 15.3 Å². The molecular weight excluding hydrogens is 538 g/mol. The van der Waals surface area contributed by atoms with E-state index in [4.69, 9.17) is 29.8 Å². The van der Waals surface area contributed by atoms with Crippen LogP contribution in [0.3, 0.4) is 0 Å². The number of aliphatic imine (C=N–C) groups is 1. The van der Waals surface area contributed by atoms with Crippen molar-refractivity contribution in [2.24, 2.45) is 16.0 Å². The summed E-state index contributed by atoms with van der Waals surface area (Å²) in [5, 5.41) is 15.8. The molecule has 0 aromatic heterocycles. The van der Waals surface area contributed by atoms with Crippen LogP contribution in [-0.2, 0) is 25.6 Å². The minimum Gasteiger partial charge on any atom is -0.494 e. The molecule has 1 aliphatic carbocycles. The molecule has 2 aromatic rings. The molecule has 11 heteroatoms. The van der Waals surface area contributed by atoms with Crippen LogP contribution >= 0.6 is 0 Å². The van der Waals surface area contributed by atoms with Crippen LogP contribution < -0.4 is 10.1 Å². The zero-order chi connectivity index (χ0) is 30.2. The molecule has 4 rings (SSSR count). The smallest absolute Gasteiger partial charge is 0.306 e. The van der Waals surface area contributed by atoms with E-state index < -0.39 is 23.2 Å². The van der Waals surface area contributed by atoms with Gasteiger partial charge in [-0.05, 0) is 86.9 Å². The average Bonchev–Trinajstić information content (AvgIpc) is 3.72. The largest absolute Gasteiger partial charge is 0.494 e. The minimum absolute atomic E-state index is 0.0411. The van der Waals surface area contributed by atoms with Gasteiger partial charge in [0.25, 0.3) is 5.91 Å². The number of carbonyl (C=O) groups is 2. The lowest BCUT2D eigenvalue weighted by Crippen LogP contribution is -2.49. The van der Waals surface area contributed by atoms with Gasteiger partial charge in [0.05, 0.1) is 13.2 Å². The molecule has 0 unspecified atom stereocenters. The van der Waals surface area contributed by atoms with E-state index in [1.54, 1.807) is 45.0 Å². The molecule has 42 heavy (non-hydrogen) atoms. The molecule has 1 heterocycles. The summed E-state index contributed by atoms with van der Waals surface area (Å²) >= 11 is 0. The molecule has 0 saturated heterocycles. The SMILES string of the molecule is CC(C)(C)OC(=O)CC[C@@]1(C(=O)NCC2CC2)N=C(c2ccc(OCCCO)cc2)O[C@@H]1c1ccccc1CN=[N+]=[N-]. The Hall–Kier alpha value is -4.08. The van der Waals surface area contributed by atoms with Crippen molar-refractivity contribution >= 4 is 17.8 Å². The van der Waals surface area contributed by atoms with Crippen LogP contribution in [0.5, 0.6) is 5.75 Å². The summed E-state index contributed by atoms with van der Waals surface area (Å²) in [7, 11) is 0. The van der Waals surface area contributed by atoms with Crippen LogP contribution in [0.4, 0.5) is 0 Å². The van der Waals surface area contributed by atoms with E-state index in [0.29, 0.717) is 47.9 Å². The maximum Gasteiger partial charge on any atom is 0.306 e. The normalized spacial score (nSPS) is 19.7. The van der Waals surface area contributed by atoms with E-state index >= 15 is 0 Å². The topological polar surface area (TPSA) is 155 Å². The van der Waals surface area contributed by atoms with Gasteiger partial charge in [0.1, 0.15) is 11.4 Å². The standard InChI is InChI=1S/C31H39N5O6/c1-30(2,3)42-26(38)15-16-31(29(39)33-19-21-9-10-21)27(25-8-5-4-7-23(25)20-34-36-32)41-28(35-31)22-11-13-24(14-12-22)40-18-6-17-37/h4-5,7-8,11-14,21,27,37H,6,9-10,15-20H2,1-3H3,(H,33,39)/t27-,31-/m1/s1. The van der Waals surface area contributed by atoms with Crippen LogP contribution in [0, 0.1) is 5.92 Å². The van der Waals surface area contributed by atoms with Gasteiger partial charge in [-0.25, -0.2) is 4.99 Å². The Labute approximate surface area is 245 Å². The molecular formula is C31H39N5O6. The number of hydrogen-bond donors (Lipinski definition) is 2. The van der Waals surface area contributed by atoms with Gasteiger partial charge in [-0.15, -0.1) is 0 Å². The lowest BCUT2D eigenvalue weighted by atomic mass is 9.81. The molecule has 2 N–H and O–H groups in total. The van der Waals surface area contributed by atoms with Crippen molar-refractivity contribution < 1.29 is 28.9 Å². The Morgan fingerprint density at radius 3 is 2.60 bits per heavy atom. The number of aliphatic hydroxyl groups excluding tert-OH is 1. The van der Waals surface area contributed by atoms with Gasteiger partial charge in [-0.3, -0.25) is 9.59 Å². The third-order valence-corrected chi connectivity index (χ3v) is 7.05. The highest BCUT2D eigenvalue weighted by atomic mass is 16.6. The molecule has 0 spiro atoms. The maximum atomic E-state index is 14.1. The van der Waals surface area contributed by atoms with Crippen molar-refractivity contribution in [3.8, 4) is 5.75 Å². The second-order valence-electron chi connectivity index (χ2n) is 11.6. The number of esters is 1. The second kappa shape index (κ2) is 13.7. The third-order valence-electron chi connectivity index (χ3n) is 7.05. The van der Waals surface area contributed by atoms with Crippen LogP contribution in [0.15, 0.2) is 58.6 Å². The van der Waals surface area contributed by atoms with E-state index in [9.17, 15) is 9.59 Å². The second-order valence-corrected chi connectivity index (χ2v) is 11.6. The summed E-state index contributed by atoms with van der Waals surface area (Å²) in [5.74, 6) is 0.537. The van der Waals surface area contributed by atoms with Crippen LogP contribution in [0.2, 0.25) is 0 Å². The maximum absolute atomic E-state index is 14.1. The Morgan fingerprint density at radius 2 is 1.93 bits per heavy atom. The van der Waals surface area contributed by atoms with Crippen molar-refractivity contribution in [1.82, 2.24) is 5.32 Å². The van der Waals surface area contributed by atoms with Gasteiger partial charge >= 0.3 is 5.97 Å². The van der Waals surface area contributed by atoms with Crippen LogP contribution in [0.1, 0.15) is 75.7 Å². The molecule has 224 valence electrons. The van der Waals surface area contributed by atoms with Gasteiger partial charge in [-0.1, -0.05) is 29.4 Å². The van der Waals surface area contributed by atoms with Gasteiger partial charge in [0.15, 0.2) is 11.6 Å². The minimum atomic E-state index is -1.48. The number of nitrogens with zero attached hydrogens (tertiary/aromatic N) is 4. The number of nitrogens with one attached hydrogen (secondary N) is 1. The van der Waals surface area contributed by atoms with Crippen LogP contribution in [-0.4, -0.2) is 53.8 Å². The van der Waals surface area contributed by atoms with E-state index in [1.165, 1.54) is 0 Å². The number of amides is 1. The van der Waals surface area contributed by atoms with Crippen molar-refractivity contribution in [2.75, 3.05) is 19.8 Å². The van der Waals surface area contributed by atoms with E-state index in [0.717, 1.165) is 12.8 Å². The third kappa shape index (κ3) is 8.02. The Balaban J connectivity index is 1.74. The van der Waals surface area contributed by atoms with E-state index in [1.807, 2.05) is 24.3 Å². The molecule has 1 saturated carbocycles. The Morgan fingerprint density at radius 1 is 1.19 bits per heavy atom. The summed E-state index contributed by atoms with van der Waals surface area (Å²) in [4.78, 5) is 34.8. The number of azide groups is 1. The number of aliphatic hydroxyl groups is 1. The molecule has 0 bridgehead atoms. The zero-order valence-electron chi connectivity index (χ0n) is 24.4. The highest BCUT2D eigenvalue weighted by molar-refractivity contribution is 6.01.